The highest BCUT2D eigenvalue weighted by Gasteiger charge is 2.47. The van der Waals surface area contributed by atoms with Crippen LogP contribution in [0, 0.1) is 5.92 Å². The number of benzene rings is 1. The average molecular weight is 368 g/mol. The first-order valence-corrected chi connectivity index (χ1v) is 10.0. The van der Waals surface area contributed by atoms with Crippen LogP contribution in [-0.2, 0) is 9.53 Å². The van der Waals surface area contributed by atoms with Crippen molar-refractivity contribution < 1.29 is 14.3 Å². The quantitative estimate of drug-likeness (QED) is 0.748. The van der Waals surface area contributed by atoms with Crippen LogP contribution in [0.3, 0.4) is 0 Å². The van der Waals surface area contributed by atoms with Gasteiger partial charge in [0, 0.05) is 19.1 Å². The van der Waals surface area contributed by atoms with E-state index in [2.05, 4.69) is 6.92 Å². The van der Waals surface area contributed by atoms with Crippen LogP contribution >= 0.6 is 0 Å². The minimum Gasteiger partial charge on any atom is -0.466 e. The summed E-state index contributed by atoms with van der Waals surface area (Å²) in [7, 11) is 1.43. The van der Waals surface area contributed by atoms with Crippen LogP contribution in [0.1, 0.15) is 44.6 Å². The number of nitrogens with zero attached hydrogens (tertiary/aromatic N) is 2. The molecule has 3 aliphatic rings. The summed E-state index contributed by atoms with van der Waals surface area (Å²) in [5, 5.41) is 0. The molecule has 0 spiro atoms. The molecule has 1 aromatic carbocycles. The molecule has 0 radical (unpaired) electrons. The second kappa shape index (κ2) is 7.37. The van der Waals surface area contributed by atoms with Crippen LogP contribution in [0.5, 0.6) is 0 Å². The SMILES string of the molecule is COC(=O)C1=C(c2ccccc2)C[C@@H]2CC[C@H]1N2C(=O)N1CCC(C)CC1. The van der Waals surface area contributed by atoms with Crippen LogP contribution < -0.4 is 0 Å². The lowest BCUT2D eigenvalue weighted by molar-refractivity contribution is -0.136. The number of fused-ring (bicyclic) bond motifs is 2. The fourth-order valence-corrected chi connectivity index (χ4v) is 4.85. The van der Waals surface area contributed by atoms with Gasteiger partial charge in [0.2, 0.25) is 0 Å². The fourth-order valence-electron chi connectivity index (χ4n) is 4.85. The van der Waals surface area contributed by atoms with E-state index in [0.717, 1.165) is 56.3 Å². The molecule has 0 N–H and O–H groups in total. The minimum atomic E-state index is -0.302. The smallest absolute Gasteiger partial charge is 0.336 e. The van der Waals surface area contributed by atoms with Crippen LogP contribution in [0.25, 0.3) is 5.57 Å². The van der Waals surface area contributed by atoms with Crippen molar-refractivity contribution in [3.8, 4) is 0 Å². The fraction of sp³-hybridized carbons (Fsp3) is 0.545. The third-order valence-corrected chi connectivity index (χ3v) is 6.40. The largest absolute Gasteiger partial charge is 0.466 e. The molecule has 2 atom stereocenters. The molecule has 1 aromatic rings. The third kappa shape index (κ3) is 3.24. The Kier molecular flexibility index (Phi) is 4.94. The van der Waals surface area contributed by atoms with E-state index >= 15 is 0 Å². The Morgan fingerprint density at radius 2 is 1.74 bits per heavy atom. The van der Waals surface area contributed by atoms with E-state index in [9.17, 15) is 9.59 Å². The zero-order valence-corrected chi connectivity index (χ0v) is 16.2. The van der Waals surface area contributed by atoms with E-state index in [0.29, 0.717) is 11.5 Å². The van der Waals surface area contributed by atoms with Crippen molar-refractivity contribution in [3.05, 3.63) is 41.5 Å². The maximum atomic E-state index is 13.3. The highest BCUT2D eigenvalue weighted by Crippen LogP contribution is 2.44. The Bertz CT molecular complexity index is 750. The molecule has 4 rings (SSSR count). The molecule has 2 bridgehead atoms. The second-order valence-corrected chi connectivity index (χ2v) is 8.06. The molecule has 27 heavy (non-hydrogen) atoms. The molecular formula is C22H28N2O3. The molecular weight excluding hydrogens is 340 g/mol. The molecule has 5 heteroatoms. The normalized spacial score (nSPS) is 25.7. The standard InChI is InChI=1S/C22H28N2O3/c1-15-10-12-23(13-11-15)22(26)24-17-8-9-19(24)20(21(25)27-2)18(14-17)16-6-4-3-5-7-16/h3-7,15,17,19H,8-14H2,1-2H3/t17-,19+/m0/s1. The van der Waals surface area contributed by atoms with E-state index in [4.69, 9.17) is 4.74 Å². The summed E-state index contributed by atoms with van der Waals surface area (Å²) in [5.41, 5.74) is 2.79. The molecule has 3 heterocycles. The van der Waals surface area contributed by atoms with Crippen molar-refractivity contribution in [1.29, 1.82) is 0 Å². The first-order valence-electron chi connectivity index (χ1n) is 10.0. The number of carbonyl (C=O) groups is 2. The summed E-state index contributed by atoms with van der Waals surface area (Å²) < 4.78 is 5.13. The number of hydrogen-bond acceptors (Lipinski definition) is 3. The highest BCUT2D eigenvalue weighted by molar-refractivity contribution is 6.01. The van der Waals surface area contributed by atoms with Crippen molar-refractivity contribution in [1.82, 2.24) is 9.80 Å². The first-order chi connectivity index (χ1) is 13.1. The molecule has 2 saturated heterocycles. The summed E-state index contributed by atoms with van der Waals surface area (Å²) in [6.45, 7) is 3.88. The Balaban J connectivity index is 1.67. The van der Waals surface area contributed by atoms with Gasteiger partial charge in [-0.25, -0.2) is 9.59 Å². The van der Waals surface area contributed by atoms with Gasteiger partial charge in [0.05, 0.1) is 18.7 Å². The number of hydrogen-bond donors (Lipinski definition) is 0. The monoisotopic (exact) mass is 368 g/mol. The van der Waals surface area contributed by atoms with Gasteiger partial charge in [0.1, 0.15) is 0 Å². The van der Waals surface area contributed by atoms with Gasteiger partial charge < -0.3 is 14.5 Å². The number of carbonyl (C=O) groups excluding carboxylic acids is 2. The van der Waals surface area contributed by atoms with E-state index in [-0.39, 0.29) is 24.1 Å². The number of amides is 2. The molecule has 0 unspecified atom stereocenters. The highest BCUT2D eigenvalue weighted by atomic mass is 16.5. The zero-order chi connectivity index (χ0) is 19.0. The predicted octanol–water partition coefficient (Wildman–Crippen LogP) is 3.70. The number of ether oxygens (including phenoxy) is 1. The summed E-state index contributed by atoms with van der Waals surface area (Å²) in [6.07, 6.45) is 4.62. The number of likely N-dealkylation sites (tertiary alicyclic amines) is 1. The van der Waals surface area contributed by atoms with Gasteiger partial charge in [-0.1, -0.05) is 37.3 Å². The van der Waals surface area contributed by atoms with Crippen molar-refractivity contribution in [2.75, 3.05) is 20.2 Å². The van der Waals surface area contributed by atoms with E-state index in [1.165, 1.54) is 7.11 Å². The van der Waals surface area contributed by atoms with Gasteiger partial charge in [-0.05, 0) is 49.2 Å². The Hall–Kier alpha value is -2.30. The summed E-state index contributed by atoms with van der Waals surface area (Å²) in [6, 6.07) is 10.2. The number of esters is 1. The lowest BCUT2D eigenvalue weighted by atomic mass is 9.88. The summed E-state index contributed by atoms with van der Waals surface area (Å²) in [4.78, 5) is 30.0. The third-order valence-electron chi connectivity index (χ3n) is 6.40. The topological polar surface area (TPSA) is 49.9 Å². The van der Waals surface area contributed by atoms with E-state index < -0.39 is 0 Å². The number of methoxy groups -OCH3 is 1. The lowest BCUT2D eigenvalue weighted by Gasteiger charge is -2.41. The molecule has 2 amide bonds. The van der Waals surface area contributed by atoms with Gasteiger partial charge in [-0.2, -0.15) is 0 Å². The molecule has 0 saturated carbocycles. The van der Waals surface area contributed by atoms with Crippen LogP contribution in [0.2, 0.25) is 0 Å². The van der Waals surface area contributed by atoms with Gasteiger partial charge in [0.15, 0.2) is 0 Å². The first kappa shape index (κ1) is 18.1. The van der Waals surface area contributed by atoms with Gasteiger partial charge in [-0.15, -0.1) is 0 Å². The second-order valence-electron chi connectivity index (χ2n) is 8.06. The van der Waals surface area contributed by atoms with E-state index in [1.807, 2.05) is 40.1 Å². The van der Waals surface area contributed by atoms with Crippen LogP contribution in [0.4, 0.5) is 4.79 Å². The van der Waals surface area contributed by atoms with Gasteiger partial charge in [0.25, 0.3) is 0 Å². The Morgan fingerprint density at radius 3 is 2.41 bits per heavy atom. The summed E-state index contributed by atoms with van der Waals surface area (Å²) in [5.74, 6) is 0.381. The maximum Gasteiger partial charge on any atom is 0.336 e. The molecule has 0 aliphatic carbocycles. The van der Waals surface area contributed by atoms with Gasteiger partial charge in [-0.3, -0.25) is 0 Å². The van der Waals surface area contributed by atoms with Gasteiger partial charge >= 0.3 is 12.0 Å². The van der Waals surface area contributed by atoms with Crippen molar-refractivity contribution in [2.45, 2.75) is 51.1 Å². The molecule has 0 aromatic heterocycles. The predicted molar refractivity (Wildman–Crippen MR) is 104 cm³/mol. The Labute approximate surface area is 161 Å². The number of piperidine rings is 1. The van der Waals surface area contributed by atoms with Crippen molar-refractivity contribution >= 4 is 17.6 Å². The number of rotatable bonds is 2. The zero-order valence-electron chi connectivity index (χ0n) is 16.2. The van der Waals surface area contributed by atoms with E-state index in [1.54, 1.807) is 0 Å². The van der Waals surface area contributed by atoms with Crippen molar-refractivity contribution in [3.63, 3.8) is 0 Å². The lowest BCUT2D eigenvalue weighted by Crippen LogP contribution is -2.53. The summed E-state index contributed by atoms with van der Waals surface area (Å²) >= 11 is 0. The minimum absolute atomic E-state index is 0.0999. The maximum absolute atomic E-state index is 13.3. The Morgan fingerprint density at radius 1 is 1.04 bits per heavy atom. The van der Waals surface area contributed by atoms with Crippen LogP contribution in [0.15, 0.2) is 35.9 Å². The molecule has 3 aliphatic heterocycles. The average Bonchev–Trinajstić information content (AvgIpc) is 3.01. The molecule has 144 valence electrons. The molecule has 5 nitrogen and oxygen atoms in total. The molecule has 2 fully saturated rings. The number of urea groups is 1. The van der Waals surface area contributed by atoms with Crippen LogP contribution in [-0.4, -0.2) is 54.1 Å². The van der Waals surface area contributed by atoms with Crippen molar-refractivity contribution in [2.24, 2.45) is 5.92 Å².